The summed E-state index contributed by atoms with van der Waals surface area (Å²) in [4.78, 5) is 30.9. The smallest absolute Gasteiger partial charge is 0.308 e. The van der Waals surface area contributed by atoms with E-state index in [2.05, 4.69) is 74.8 Å². The van der Waals surface area contributed by atoms with E-state index in [4.69, 9.17) is 9.47 Å². The zero-order valence-corrected chi connectivity index (χ0v) is 28.7. The summed E-state index contributed by atoms with van der Waals surface area (Å²) in [6.07, 6.45) is 3.91. The molecule has 2 bridgehead atoms. The maximum atomic E-state index is 14.1. The standard InChI is InChI=1S/C41H46N2O5/c1-25(2)24-43(37(46)16-13-30-12-11-26(3)27(4)21-30)33-15-14-32-34-22-31-36(47-28(5)44)23-35(45)39-38(31)41(32,40(33)48-39)18-20-42(34)19-17-29-9-7-6-8-10-29/h6-12,21,23,25,32-34,40,45H,14-15,17-20,22,24H2,1-5H3/t32-,33+,34+,40-,41-/m0/s1. The molecule has 48 heavy (non-hydrogen) atoms. The third kappa shape index (κ3) is 5.54. The van der Waals surface area contributed by atoms with Gasteiger partial charge in [-0.15, -0.1) is 0 Å². The van der Waals surface area contributed by atoms with E-state index in [1.54, 1.807) is 6.07 Å². The van der Waals surface area contributed by atoms with Crippen molar-refractivity contribution in [3.8, 4) is 29.1 Å². The summed E-state index contributed by atoms with van der Waals surface area (Å²) in [7, 11) is 0. The Balaban J connectivity index is 1.27. The summed E-state index contributed by atoms with van der Waals surface area (Å²) in [5, 5.41) is 11.4. The SMILES string of the molecule is CC(=O)Oc1cc(O)c2c3c1C[C@@H]1[C@@H]4CC[C@@H](N(CC(C)C)C(=O)C#Cc5ccc(C)c(C)c5)[C@H](O2)[C@]34CCN1CCc1ccccc1. The minimum Gasteiger partial charge on any atom is -0.504 e. The van der Waals surface area contributed by atoms with Crippen molar-refractivity contribution in [2.45, 2.75) is 90.3 Å². The fourth-order valence-electron chi connectivity index (χ4n) is 9.19. The number of amides is 1. The predicted molar refractivity (Wildman–Crippen MR) is 185 cm³/mol. The largest absolute Gasteiger partial charge is 0.504 e. The number of hydrogen-bond donors (Lipinski definition) is 1. The molecule has 5 atom stereocenters. The van der Waals surface area contributed by atoms with E-state index >= 15 is 0 Å². The molecule has 0 radical (unpaired) electrons. The molecule has 7 rings (SSSR count). The van der Waals surface area contributed by atoms with Crippen LogP contribution in [0.25, 0.3) is 0 Å². The number of phenols is 1. The molecule has 7 heteroatoms. The van der Waals surface area contributed by atoms with Gasteiger partial charge >= 0.3 is 5.97 Å². The third-order valence-electron chi connectivity index (χ3n) is 11.3. The lowest BCUT2D eigenvalue weighted by Crippen LogP contribution is -2.69. The lowest BCUT2D eigenvalue weighted by atomic mass is 9.50. The summed E-state index contributed by atoms with van der Waals surface area (Å²) in [6, 6.07) is 18.2. The van der Waals surface area contributed by atoms with E-state index in [0.29, 0.717) is 18.0 Å². The monoisotopic (exact) mass is 646 g/mol. The van der Waals surface area contributed by atoms with Crippen molar-refractivity contribution in [3.05, 3.63) is 88.0 Å². The Hall–Kier alpha value is -4.28. The highest BCUT2D eigenvalue weighted by Crippen LogP contribution is 2.65. The van der Waals surface area contributed by atoms with Gasteiger partial charge in [0.1, 0.15) is 11.9 Å². The van der Waals surface area contributed by atoms with E-state index in [9.17, 15) is 14.7 Å². The van der Waals surface area contributed by atoms with Crippen molar-refractivity contribution in [3.63, 3.8) is 0 Å². The number of likely N-dealkylation sites (tertiary alicyclic amines) is 1. The van der Waals surface area contributed by atoms with Crippen LogP contribution in [0.3, 0.4) is 0 Å². The van der Waals surface area contributed by atoms with Crippen molar-refractivity contribution < 1.29 is 24.2 Å². The maximum Gasteiger partial charge on any atom is 0.308 e. The first kappa shape index (κ1) is 32.3. The number of benzene rings is 3. The van der Waals surface area contributed by atoms with Crippen LogP contribution in [0.1, 0.15) is 73.4 Å². The van der Waals surface area contributed by atoms with Crippen molar-refractivity contribution in [2.75, 3.05) is 19.6 Å². The van der Waals surface area contributed by atoms with Gasteiger partial charge in [0.15, 0.2) is 11.5 Å². The normalized spacial score (nSPS) is 25.0. The number of carbonyl (C=O) groups is 2. The van der Waals surface area contributed by atoms with Crippen LogP contribution in [0, 0.1) is 37.5 Å². The number of nitrogens with zero attached hydrogens (tertiary/aromatic N) is 2. The molecule has 0 unspecified atom stereocenters. The van der Waals surface area contributed by atoms with Crippen molar-refractivity contribution in [1.29, 1.82) is 0 Å². The van der Waals surface area contributed by atoms with Gasteiger partial charge in [-0.05, 0) is 93.2 Å². The molecule has 3 aromatic rings. The number of esters is 1. The summed E-state index contributed by atoms with van der Waals surface area (Å²) < 4.78 is 12.7. The van der Waals surface area contributed by atoms with Crippen molar-refractivity contribution >= 4 is 11.9 Å². The molecule has 1 spiro atoms. The zero-order chi connectivity index (χ0) is 33.7. The maximum absolute atomic E-state index is 14.1. The second-order valence-electron chi connectivity index (χ2n) is 14.7. The molecule has 2 heterocycles. The quantitative estimate of drug-likeness (QED) is 0.189. The Kier molecular flexibility index (Phi) is 8.49. The average Bonchev–Trinajstić information content (AvgIpc) is 3.40. The van der Waals surface area contributed by atoms with Gasteiger partial charge < -0.3 is 19.5 Å². The van der Waals surface area contributed by atoms with E-state index in [-0.39, 0.29) is 41.7 Å². The average molecular weight is 647 g/mol. The molecular weight excluding hydrogens is 600 g/mol. The topological polar surface area (TPSA) is 79.3 Å². The molecule has 0 aromatic heterocycles. The highest BCUT2D eigenvalue weighted by atomic mass is 16.5. The highest BCUT2D eigenvalue weighted by Gasteiger charge is 2.67. The first-order valence-electron chi connectivity index (χ1n) is 17.5. The molecular formula is C41H46N2O5. The van der Waals surface area contributed by atoms with Gasteiger partial charge in [0.25, 0.3) is 5.91 Å². The molecule has 1 N–H and O–H groups in total. The van der Waals surface area contributed by atoms with Crippen molar-refractivity contribution in [2.24, 2.45) is 11.8 Å². The molecule has 2 aliphatic carbocycles. The molecule has 4 aliphatic rings. The van der Waals surface area contributed by atoms with Crippen molar-refractivity contribution in [1.82, 2.24) is 9.80 Å². The number of hydrogen-bond acceptors (Lipinski definition) is 6. The molecule has 1 saturated carbocycles. The van der Waals surface area contributed by atoms with Crippen LogP contribution < -0.4 is 9.47 Å². The van der Waals surface area contributed by atoms with Gasteiger partial charge in [0.2, 0.25) is 0 Å². The first-order chi connectivity index (χ1) is 23.1. The van der Waals surface area contributed by atoms with E-state index in [1.807, 2.05) is 23.1 Å². The number of rotatable bonds is 7. The predicted octanol–water partition coefficient (Wildman–Crippen LogP) is 6.12. The summed E-state index contributed by atoms with van der Waals surface area (Å²) in [5.74, 6) is 6.95. The molecule has 1 amide bonds. The van der Waals surface area contributed by atoms with Crippen LogP contribution in [0.4, 0.5) is 0 Å². The molecule has 1 saturated heterocycles. The fourth-order valence-corrected chi connectivity index (χ4v) is 9.19. The Bertz CT molecular complexity index is 1810. The summed E-state index contributed by atoms with van der Waals surface area (Å²) in [5.41, 5.74) is 6.03. The van der Waals surface area contributed by atoms with Gasteiger partial charge in [0, 0.05) is 60.1 Å². The van der Waals surface area contributed by atoms with E-state index in [1.165, 1.54) is 18.1 Å². The molecule has 2 aliphatic heterocycles. The third-order valence-corrected chi connectivity index (χ3v) is 11.3. The zero-order valence-electron chi connectivity index (χ0n) is 28.7. The van der Waals surface area contributed by atoms with E-state index < -0.39 is 11.4 Å². The van der Waals surface area contributed by atoms with E-state index in [0.717, 1.165) is 67.4 Å². The van der Waals surface area contributed by atoms with Crippen LogP contribution in [0.2, 0.25) is 0 Å². The van der Waals surface area contributed by atoms with Crippen LogP contribution in [-0.4, -0.2) is 64.6 Å². The van der Waals surface area contributed by atoms with Gasteiger partial charge in [-0.25, -0.2) is 0 Å². The number of piperidine rings is 1. The fraction of sp³-hybridized carbons (Fsp3) is 0.463. The number of aryl methyl sites for hydroxylation is 2. The van der Waals surface area contributed by atoms with Crippen LogP contribution in [0.15, 0.2) is 54.6 Å². The second kappa shape index (κ2) is 12.6. The number of ether oxygens (including phenoxy) is 2. The lowest BCUT2D eigenvalue weighted by Gasteiger charge is -2.60. The summed E-state index contributed by atoms with van der Waals surface area (Å²) in [6.45, 7) is 12.2. The van der Waals surface area contributed by atoms with Crippen LogP contribution in [-0.2, 0) is 27.8 Å². The Morgan fingerprint density at radius 1 is 1.10 bits per heavy atom. The number of phenolic OH excluding ortho intramolecular Hbond substituents is 1. The molecule has 2 fully saturated rings. The van der Waals surface area contributed by atoms with Gasteiger partial charge in [-0.1, -0.05) is 56.2 Å². The molecule has 7 nitrogen and oxygen atoms in total. The first-order valence-corrected chi connectivity index (χ1v) is 17.5. The second-order valence-corrected chi connectivity index (χ2v) is 14.7. The number of carbonyl (C=O) groups excluding carboxylic acids is 2. The minimum atomic E-state index is -0.413. The van der Waals surface area contributed by atoms with Gasteiger partial charge in [0.05, 0.1) is 6.04 Å². The van der Waals surface area contributed by atoms with Gasteiger partial charge in [-0.2, -0.15) is 0 Å². The Labute approximate surface area is 284 Å². The molecule has 250 valence electrons. The summed E-state index contributed by atoms with van der Waals surface area (Å²) >= 11 is 0. The minimum absolute atomic E-state index is 0.00694. The van der Waals surface area contributed by atoms with Crippen LogP contribution >= 0.6 is 0 Å². The Morgan fingerprint density at radius 2 is 1.90 bits per heavy atom. The van der Waals surface area contributed by atoms with Crippen LogP contribution in [0.5, 0.6) is 17.2 Å². The number of aromatic hydroxyl groups is 1. The lowest BCUT2D eigenvalue weighted by molar-refractivity contribution is -0.138. The molecule has 3 aromatic carbocycles. The Morgan fingerprint density at radius 3 is 2.62 bits per heavy atom. The highest BCUT2D eigenvalue weighted by molar-refractivity contribution is 5.94. The van der Waals surface area contributed by atoms with Gasteiger partial charge in [-0.3, -0.25) is 14.5 Å².